The molecule has 2 heterocycles. The standard InChI is InChI=1S/C19H17F3N2O7S/c1-2-8-29-14-9-16(24-10-13(19(20,21)22)17(25)23-18(24)26)31-15(14)11-30-32(27,28)12-6-4-3-5-7-12/h1,3-7,10,14-16H,8-9,11H2,(H,23,25,26)/t14-,15+,16+/m0/s1. The minimum absolute atomic E-state index is 0.109. The van der Waals surface area contributed by atoms with Gasteiger partial charge >= 0.3 is 11.9 Å². The van der Waals surface area contributed by atoms with Crippen LogP contribution in [0.25, 0.3) is 0 Å². The number of alkyl halides is 3. The lowest BCUT2D eigenvalue weighted by Crippen LogP contribution is -2.36. The Bertz CT molecular complexity index is 1220. The molecule has 3 atom stereocenters. The van der Waals surface area contributed by atoms with Crippen molar-refractivity contribution in [2.24, 2.45) is 0 Å². The third-order valence-electron chi connectivity index (χ3n) is 4.56. The first-order valence-electron chi connectivity index (χ1n) is 9.10. The molecular formula is C19H17F3N2O7S. The zero-order chi connectivity index (χ0) is 23.5. The maximum Gasteiger partial charge on any atom is 0.423 e. The Morgan fingerprint density at radius 2 is 1.94 bits per heavy atom. The average Bonchev–Trinajstić information content (AvgIpc) is 3.13. The van der Waals surface area contributed by atoms with E-state index in [9.17, 15) is 31.2 Å². The van der Waals surface area contributed by atoms with Gasteiger partial charge in [-0.25, -0.2) is 4.79 Å². The first-order chi connectivity index (χ1) is 15.0. The Morgan fingerprint density at radius 3 is 2.56 bits per heavy atom. The van der Waals surface area contributed by atoms with Crippen LogP contribution in [0.4, 0.5) is 13.2 Å². The number of rotatable bonds is 7. The molecule has 13 heteroatoms. The normalized spacial score (nSPS) is 21.4. The van der Waals surface area contributed by atoms with Crippen LogP contribution in [0.5, 0.6) is 0 Å². The molecule has 172 valence electrons. The van der Waals surface area contributed by atoms with Crippen molar-refractivity contribution in [1.82, 2.24) is 9.55 Å². The summed E-state index contributed by atoms with van der Waals surface area (Å²) < 4.78 is 80.4. The number of halogens is 3. The van der Waals surface area contributed by atoms with Crippen molar-refractivity contribution in [3.8, 4) is 12.3 Å². The number of benzene rings is 1. The molecule has 1 saturated heterocycles. The molecule has 0 saturated carbocycles. The highest BCUT2D eigenvalue weighted by Crippen LogP contribution is 2.32. The van der Waals surface area contributed by atoms with Crippen LogP contribution in [0.1, 0.15) is 18.2 Å². The largest absolute Gasteiger partial charge is 0.423 e. The Hall–Kier alpha value is -2.92. The maximum absolute atomic E-state index is 13.1. The van der Waals surface area contributed by atoms with Gasteiger partial charge in [-0.1, -0.05) is 24.1 Å². The van der Waals surface area contributed by atoms with Crippen LogP contribution >= 0.6 is 0 Å². The number of nitrogens with one attached hydrogen (secondary N) is 1. The highest BCUT2D eigenvalue weighted by Gasteiger charge is 2.41. The number of terminal acetylenes is 1. The monoisotopic (exact) mass is 474 g/mol. The van der Waals surface area contributed by atoms with Crippen molar-refractivity contribution in [1.29, 1.82) is 0 Å². The third kappa shape index (κ3) is 5.28. The molecule has 0 amide bonds. The van der Waals surface area contributed by atoms with Gasteiger partial charge in [0.05, 0.1) is 17.6 Å². The first kappa shape index (κ1) is 23.7. The van der Waals surface area contributed by atoms with Crippen LogP contribution in [-0.4, -0.2) is 43.4 Å². The van der Waals surface area contributed by atoms with Crippen molar-refractivity contribution < 1.29 is 35.2 Å². The quantitative estimate of drug-likeness (QED) is 0.475. The summed E-state index contributed by atoms with van der Waals surface area (Å²) in [5.74, 6) is 2.21. The predicted molar refractivity (Wildman–Crippen MR) is 103 cm³/mol. The van der Waals surface area contributed by atoms with Crippen molar-refractivity contribution in [2.75, 3.05) is 13.2 Å². The molecule has 1 aromatic heterocycles. The fourth-order valence-electron chi connectivity index (χ4n) is 3.06. The van der Waals surface area contributed by atoms with E-state index in [-0.39, 0.29) is 17.9 Å². The van der Waals surface area contributed by atoms with Gasteiger partial charge in [0.15, 0.2) is 0 Å². The zero-order valence-corrected chi connectivity index (χ0v) is 17.1. The number of nitrogens with zero attached hydrogens (tertiary/aromatic N) is 1. The second-order valence-corrected chi connectivity index (χ2v) is 8.29. The second kappa shape index (κ2) is 9.29. The molecular weight excluding hydrogens is 457 g/mol. The molecule has 1 aliphatic heterocycles. The number of hydrogen-bond donors (Lipinski definition) is 1. The van der Waals surface area contributed by atoms with Crippen LogP contribution in [0.2, 0.25) is 0 Å². The van der Waals surface area contributed by atoms with E-state index in [0.29, 0.717) is 10.8 Å². The number of hydrogen-bond acceptors (Lipinski definition) is 7. The first-order valence-corrected chi connectivity index (χ1v) is 10.5. The van der Waals surface area contributed by atoms with Crippen molar-refractivity contribution in [3.63, 3.8) is 0 Å². The van der Waals surface area contributed by atoms with Gasteiger partial charge in [-0.15, -0.1) is 6.42 Å². The summed E-state index contributed by atoms with van der Waals surface area (Å²) in [7, 11) is -4.15. The van der Waals surface area contributed by atoms with E-state index in [1.54, 1.807) is 11.1 Å². The molecule has 0 radical (unpaired) electrons. The summed E-state index contributed by atoms with van der Waals surface area (Å²) in [5, 5.41) is 0. The number of H-pyrrole nitrogens is 1. The lowest BCUT2D eigenvalue weighted by atomic mass is 10.2. The fourth-order valence-corrected chi connectivity index (χ4v) is 4.00. The molecule has 1 fully saturated rings. The Kier molecular flexibility index (Phi) is 6.89. The fraction of sp³-hybridized carbons (Fsp3) is 0.368. The summed E-state index contributed by atoms with van der Waals surface area (Å²) in [6, 6.07) is 7.25. The Balaban J connectivity index is 1.84. The summed E-state index contributed by atoms with van der Waals surface area (Å²) >= 11 is 0. The van der Waals surface area contributed by atoms with Crippen molar-refractivity contribution in [2.45, 2.75) is 35.9 Å². The van der Waals surface area contributed by atoms with Gasteiger partial charge < -0.3 is 9.47 Å². The van der Waals surface area contributed by atoms with E-state index in [1.165, 1.54) is 24.3 Å². The van der Waals surface area contributed by atoms with E-state index in [2.05, 4.69) is 5.92 Å². The van der Waals surface area contributed by atoms with Gasteiger partial charge in [-0.05, 0) is 12.1 Å². The van der Waals surface area contributed by atoms with E-state index < -0.39 is 58.1 Å². The van der Waals surface area contributed by atoms with Crippen molar-refractivity contribution >= 4 is 10.1 Å². The number of ether oxygens (including phenoxy) is 2. The lowest BCUT2D eigenvalue weighted by molar-refractivity contribution is -0.139. The van der Waals surface area contributed by atoms with Gasteiger partial charge in [-0.3, -0.25) is 18.5 Å². The molecule has 1 N–H and O–H groups in total. The molecule has 3 rings (SSSR count). The minimum Gasteiger partial charge on any atom is -0.363 e. The number of aromatic nitrogens is 2. The van der Waals surface area contributed by atoms with Gasteiger partial charge in [0.2, 0.25) is 0 Å². The Morgan fingerprint density at radius 1 is 1.25 bits per heavy atom. The smallest absolute Gasteiger partial charge is 0.363 e. The zero-order valence-electron chi connectivity index (χ0n) is 16.2. The van der Waals surface area contributed by atoms with Crippen LogP contribution in [0.15, 0.2) is 51.0 Å². The topological polar surface area (TPSA) is 117 Å². The molecule has 0 spiro atoms. The lowest BCUT2D eigenvalue weighted by Gasteiger charge is -2.18. The highest BCUT2D eigenvalue weighted by molar-refractivity contribution is 7.86. The molecule has 1 aliphatic rings. The minimum atomic E-state index is -5.01. The van der Waals surface area contributed by atoms with E-state index in [4.69, 9.17) is 20.1 Å². The number of aromatic amines is 1. The van der Waals surface area contributed by atoms with E-state index in [0.717, 1.165) is 0 Å². The summed E-state index contributed by atoms with van der Waals surface area (Å²) in [4.78, 5) is 25.1. The van der Waals surface area contributed by atoms with Crippen LogP contribution in [0, 0.1) is 12.3 Å². The summed E-state index contributed by atoms with van der Waals surface area (Å²) in [5.41, 5.74) is -4.32. The molecule has 0 aliphatic carbocycles. The third-order valence-corrected chi connectivity index (χ3v) is 5.86. The molecule has 1 aromatic carbocycles. The second-order valence-electron chi connectivity index (χ2n) is 6.68. The van der Waals surface area contributed by atoms with Crippen LogP contribution < -0.4 is 11.2 Å². The molecule has 9 nitrogen and oxygen atoms in total. The van der Waals surface area contributed by atoms with E-state index >= 15 is 0 Å². The Labute approximate surface area is 179 Å². The van der Waals surface area contributed by atoms with Gasteiger partial charge in [0, 0.05) is 12.6 Å². The van der Waals surface area contributed by atoms with Crippen LogP contribution in [0.3, 0.4) is 0 Å². The highest BCUT2D eigenvalue weighted by atomic mass is 32.2. The summed E-state index contributed by atoms with van der Waals surface area (Å²) in [6.45, 7) is -0.746. The SMILES string of the molecule is C#CCO[C@H]1C[C@H](n2cc(C(F)(F)F)c(=O)[nH]c2=O)O[C@@H]1COS(=O)(=O)c1ccccc1. The van der Waals surface area contributed by atoms with Gasteiger partial charge in [-0.2, -0.15) is 21.6 Å². The molecule has 32 heavy (non-hydrogen) atoms. The molecule has 0 bridgehead atoms. The van der Waals surface area contributed by atoms with Gasteiger partial charge in [0.25, 0.3) is 15.7 Å². The maximum atomic E-state index is 13.1. The predicted octanol–water partition coefficient (Wildman–Crippen LogP) is 1.27. The average molecular weight is 474 g/mol. The van der Waals surface area contributed by atoms with Crippen molar-refractivity contribution in [3.05, 3.63) is 62.9 Å². The summed E-state index contributed by atoms with van der Waals surface area (Å²) in [6.07, 6.45) is -2.92. The molecule has 2 aromatic rings. The van der Waals surface area contributed by atoms with Crippen LogP contribution in [-0.2, 0) is 30.0 Å². The van der Waals surface area contributed by atoms with Gasteiger partial charge in [0.1, 0.15) is 24.5 Å². The molecule has 0 unspecified atom stereocenters. The van der Waals surface area contributed by atoms with E-state index in [1.807, 2.05) is 0 Å².